The van der Waals surface area contributed by atoms with Crippen molar-refractivity contribution in [2.45, 2.75) is 318 Å². The van der Waals surface area contributed by atoms with E-state index < -0.39 is 0 Å². The summed E-state index contributed by atoms with van der Waals surface area (Å²) in [4.78, 5) is 16.0. The largest absolute Gasteiger partial charge is 0.340 e. The van der Waals surface area contributed by atoms with Crippen LogP contribution in [0.4, 0.5) is 0 Å². The van der Waals surface area contributed by atoms with Crippen molar-refractivity contribution in [1.29, 1.82) is 0 Å². The van der Waals surface area contributed by atoms with E-state index in [4.69, 9.17) is 0 Å². The van der Waals surface area contributed by atoms with Crippen LogP contribution in [-0.4, -0.2) is 37.0 Å². The van der Waals surface area contributed by atoms with Gasteiger partial charge in [0.2, 0.25) is 5.91 Å². The Bertz CT molecular complexity index is 950. The summed E-state index contributed by atoms with van der Waals surface area (Å²) in [6, 6.07) is 0.426. The van der Waals surface area contributed by atoms with Gasteiger partial charge in [-0.05, 0) is 109 Å². The van der Waals surface area contributed by atoms with Crippen molar-refractivity contribution in [2.24, 2.45) is 17.8 Å². The lowest BCUT2D eigenvalue weighted by atomic mass is 9.88. The average molecular weight is 886 g/mol. The van der Waals surface area contributed by atoms with Crippen LogP contribution >= 0.6 is 0 Å². The molecule has 0 aromatic rings. The molecule has 0 radical (unpaired) electrons. The third kappa shape index (κ3) is 44.5. The zero-order valence-electron chi connectivity index (χ0n) is 45.3. The SMILES string of the molecule is C=C(C)CCCCCCCCC(CCCCCCCCC(=C)CCC(CCCC)CCCC)N(CCCNC)C(=O)CCCCCCCC.CCCCCCC(CC)CC(C)CC. The fourth-order valence-electron chi connectivity index (χ4n) is 9.61. The molecule has 1 N–H and O–H groups in total. The Labute approximate surface area is 399 Å². The first kappa shape index (κ1) is 64.0. The predicted molar refractivity (Wildman–Crippen MR) is 288 cm³/mol. The number of nitrogens with zero attached hydrogens (tertiary/aromatic N) is 1. The molecule has 63 heavy (non-hydrogen) atoms. The van der Waals surface area contributed by atoms with E-state index in [9.17, 15) is 4.79 Å². The van der Waals surface area contributed by atoms with Crippen molar-refractivity contribution in [3.63, 3.8) is 0 Å². The Hall–Kier alpha value is -1.09. The molecule has 0 aromatic carbocycles. The number of rotatable bonds is 48. The van der Waals surface area contributed by atoms with Crippen molar-refractivity contribution in [3.8, 4) is 0 Å². The molecule has 0 aromatic heterocycles. The second-order valence-electron chi connectivity index (χ2n) is 20.8. The van der Waals surface area contributed by atoms with Crippen molar-refractivity contribution in [2.75, 3.05) is 20.1 Å². The summed E-state index contributed by atoms with van der Waals surface area (Å²) in [5, 5.41) is 3.32. The van der Waals surface area contributed by atoms with E-state index in [1.807, 2.05) is 7.05 Å². The van der Waals surface area contributed by atoms with Crippen LogP contribution in [0.5, 0.6) is 0 Å². The van der Waals surface area contributed by atoms with Crippen molar-refractivity contribution < 1.29 is 4.79 Å². The number of hydrogen-bond acceptors (Lipinski definition) is 2. The molecule has 0 spiro atoms. The fraction of sp³-hybridized carbons (Fsp3) is 0.917. The highest BCUT2D eigenvalue weighted by atomic mass is 16.2. The number of carbonyl (C=O) groups excluding carboxylic acids is 1. The normalized spacial score (nSPS) is 12.9. The average Bonchev–Trinajstić information content (AvgIpc) is 3.28. The van der Waals surface area contributed by atoms with Gasteiger partial charge in [0.25, 0.3) is 0 Å². The lowest BCUT2D eigenvalue weighted by Gasteiger charge is -2.33. The van der Waals surface area contributed by atoms with Gasteiger partial charge in [0, 0.05) is 19.0 Å². The minimum absolute atomic E-state index is 0.426. The zero-order chi connectivity index (χ0) is 47.0. The molecule has 0 fully saturated rings. The van der Waals surface area contributed by atoms with Crippen LogP contribution in [0.15, 0.2) is 24.3 Å². The maximum atomic E-state index is 13.7. The first-order valence-electron chi connectivity index (χ1n) is 28.9. The monoisotopic (exact) mass is 885 g/mol. The lowest BCUT2D eigenvalue weighted by molar-refractivity contribution is -0.134. The molecule has 0 bridgehead atoms. The molecule has 0 rings (SSSR count). The summed E-state index contributed by atoms with van der Waals surface area (Å²) < 4.78 is 0. The van der Waals surface area contributed by atoms with Gasteiger partial charge in [-0.15, -0.1) is 6.58 Å². The van der Waals surface area contributed by atoms with Crippen molar-refractivity contribution in [1.82, 2.24) is 10.2 Å². The fourth-order valence-corrected chi connectivity index (χ4v) is 9.61. The van der Waals surface area contributed by atoms with Gasteiger partial charge >= 0.3 is 0 Å². The van der Waals surface area contributed by atoms with E-state index in [1.54, 1.807) is 0 Å². The van der Waals surface area contributed by atoms with Gasteiger partial charge in [0.1, 0.15) is 0 Å². The number of hydrogen-bond donors (Lipinski definition) is 1. The molecule has 0 heterocycles. The zero-order valence-corrected chi connectivity index (χ0v) is 45.3. The summed E-state index contributed by atoms with van der Waals surface area (Å²) in [5.74, 6) is 3.29. The highest BCUT2D eigenvalue weighted by Gasteiger charge is 2.22. The van der Waals surface area contributed by atoms with Crippen molar-refractivity contribution in [3.05, 3.63) is 24.3 Å². The highest BCUT2D eigenvalue weighted by Crippen LogP contribution is 2.26. The molecule has 3 nitrogen and oxygen atoms in total. The Morgan fingerprint density at radius 1 is 0.476 bits per heavy atom. The quantitative estimate of drug-likeness (QED) is 0.0488. The molecule has 3 unspecified atom stereocenters. The molecular formula is C60H120N2O. The Kier molecular flexibility index (Phi) is 51.1. The van der Waals surface area contributed by atoms with Gasteiger partial charge in [0.05, 0.1) is 0 Å². The van der Waals surface area contributed by atoms with Crippen LogP contribution in [0, 0.1) is 17.8 Å². The van der Waals surface area contributed by atoms with E-state index in [-0.39, 0.29) is 0 Å². The number of carbonyl (C=O) groups is 1. The van der Waals surface area contributed by atoms with Crippen molar-refractivity contribution >= 4 is 5.91 Å². The van der Waals surface area contributed by atoms with E-state index >= 15 is 0 Å². The number of amides is 1. The third-order valence-electron chi connectivity index (χ3n) is 14.4. The first-order chi connectivity index (χ1) is 30.6. The Morgan fingerprint density at radius 2 is 0.921 bits per heavy atom. The molecule has 0 saturated carbocycles. The molecule has 3 atom stereocenters. The first-order valence-corrected chi connectivity index (χ1v) is 28.9. The van der Waals surface area contributed by atoms with Crippen LogP contribution in [0.3, 0.4) is 0 Å². The van der Waals surface area contributed by atoms with E-state index in [2.05, 4.69) is 78.8 Å². The predicted octanol–water partition coefficient (Wildman–Crippen LogP) is 20.1. The molecule has 1 amide bonds. The third-order valence-corrected chi connectivity index (χ3v) is 14.4. The van der Waals surface area contributed by atoms with Crippen LogP contribution in [-0.2, 0) is 4.79 Å². The van der Waals surface area contributed by atoms with Crippen LogP contribution < -0.4 is 5.32 Å². The van der Waals surface area contributed by atoms with E-state index in [0.717, 1.165) is 50.1 Å². The topological polar surface area (TPSA) is 32.3 Å². The standard InChI is InChI=1S/C46H90N2O.C14H30/c1-8-11-14-15-24-29-37-46(49)48(41-30-40-47-7)45(35-27-22-18-16-20-25-31-42(4)5)36-28-23-19-17-21-26-32-43(6)38-39-44(33-12-9-2)34-13-10-3;1-5-8-9-10-11-14(7-3)12-13(4)6-2/h44-45,47H,4,6,8-41H2,1-3,5,7H3;13-14H,5-12H2,1-4H3. The van der Waals surface area contributed by atoms with E-state index in [0.29, 0.717) is 11.9 Å². The molecule has 0 aliphatic rings. The summed E-state index contributed by atoms with van der Waals surface area (Å²) in [6.07, 6.45) is 52.1. The van der Waals surface area contributed by atoms with Crippen LogP contribution in [0.25, 0.3) is 0 Å². The molecule has 0 aliphatic heterocycles. The number of nitrogens with one attached hydrogen (secondary N) is 1. The smallest absolute Gasteiger partial charge is 0.222 e. The van der Waals surface area contributed by atoms with Gasteiger partial charge < -0.3 is 10.2 Å². The van der Waals surface area contributed by atoms with Gasteiger partial charge in [-0.1, -0.05) is 246 Å². The molecular weight excluding hydrogens is 765 g/mol. The second-order valence-corrected chi connectivity index (χ2v) is 20.8. The minimum Gasteiger partial charge on any atom is -0.340 e. The Balaban J connectivity index is 0. The summed E-state index contributed by atoms with van der Waals surface area (Å²) in [5.41, 5.74) is 2.81. The van der Waals surface area contributed by atoms with Gasteiger partial charge in [0.15, 0.2) is 0 Å². The Morgan fingerprint density at radius 3 is 1.41 bits per heavy atom. The molecule has 376 valence electrons. The lowest BCUT2D eigenvalue weighted by Crippen LogP contribution is -2.41. The second kappa shape index (κ2) is 50.3. The number of unbranched alkanes of at least 4 members (excludes halogenated alkanes) is 20. The van der Waals surface area contributed by atoms with Crippen LogP contribution in [0.1, 0.15) is 312 Å². The molecule has 0 saturated heterocycles. The summed E-state index contributed by atoms with van der Waals surface area (Å²) >= 11 is 0. The van der Waals surface area contributed by atoms with E-state index in [1.165, 1.54) is 249 Å². The van der Waals surface area contributed by atoms with Gasteiger partial charge in [-0.2, -0.15) is 0 Å². The summed E-state index contributed by atoms with van der Waals surface area (Å²) in [6.45, 7) is 28.8. The maximum absolute atomic E-state index is 13.7. The maximum Gasteiger partial charge on any atom is 0.222 e. The van der Waals surface area contributed by atoms with Gasteiger partial charge in [-0.25, -0.2) is 0 Å². The molecule has 3 heteroatoms. The van der Waals surface area contributed by atoms with Gasteiger partial charge in [-0.3, -0.25) is 4.79 Å². The van der Waals surface area contributed by atoms with Crippen LogP contribution in [0.2, 0.25) is 0 Å². The minimum atomic E-state index is 0.426. The molecule has 0 aliphatic carbocycles. The highest BCUT2D eigenvalue weighted by molar-refractivity contribution is 5.76. The summed E-state index contributed by atoms with van der Waals surface area (Å²) in [7, 11) is 2.03. The number of allylic oxidation sites excluding steroid dienone is 2.